The number of primary amides is 1. The lowest BCUT2D eigenvalue weighted by molar-refractivity contribution is -0.141. The number of thiol groups is 1. The van der Waals surface area contributed by atoms with Crippen LogP contribution in [0.25, 0.3) is 0 Å². The zero-order chi connectivity index (χ0) is 24.1. The molecular weight excluding hydrogens is 440 g/mol. The summed E-state index contributed by atoms with van der Waals surface area (Å²) in [6.45, 7) is 0.935. The molecule has 0 spiro atoms. The molecule has 0 saturated carbocycles. The first-order chi connectivity index (χ1) is 15.1. The van der Waals surface area contributed by atoms with Gasteiger partial charge < -0.3 is 31.3 Å². The molecule has 0 radical (unpaired) electrons. The summed E-state index contributed by atoms with van der Waals surface area (Å²) in [6, 6.07) is 6.43. The number of carbonyl (C=O) groups excluding carboxylic acids is 4. The Morgan fingerprint density at radius 1 is 1.22 bits per heavy atom. The molecule has 176 valence electrons. The minimum absolute atomic E-state index is 0.0510. The van der Waals surface area contributed by atoms with Crippen molar-refractivity contribution < 1.29 is 28.8 Å². The van der Waals surface area contributed by atoms with Crippen LogP contribution < -0.4 is 21.7 Å². The molecule has 0 aromatic heterocycles. The zero-order valence-electron chi connectivity index (χ0n) is 17.9. The van der Waals surface area contributed by atoms with Crippen molar-refractivity contribution in [1.82, 2.24) is 10.2 Å². The number of carbonyl (C=O) groups is 4. The van der Waals surface area contributed by atoms with Crippen LogP contribution in [0.4, 0.5) is 15.3 Å². The van der Waals surface area contributed by atoms with Gasteiger partial charge in [0.2, 0.25) is 5.91 Å². The van der Waals surface area contributed by atoms with Gasteiger partial charge in [0.1, 0.15) is 5.94 Å². The molecule has 12 nitrogen and oxygen atoms in total. The zero-order valence-corrected chi connectivity index (χ0v) is 18.8. The normalized spacial score (nSPS) is 13.0. The Balaban J connectivity index is 0.000000396. The molecule has 1 aliphatic heterocycles. The molecule has 0 unspecified atom stereocenters. The third kappa shape index (κ3) is 9.55. The topological polar surface area (TPSA) is 170 Å². The molecule has 1 aromatic carbocycles. The van der Waals surface area contributed by atoms with Crippen LogP contribution in [-0.2, 0) is 19.2 Å². The minimum atomic E-state index is -0.649. The number of urea groups is 1. The second kappa shape index (κ2) is 13.7. The number of ether oxygens (including phenoxy) is 1. The Labute approximate surface area is 191 Å². The predicted molar refractivity (Wildman–Crippen MR) is 121 cm³/mol. The van der Waals surface area contributed by atoms with E-state index in [1.165, 1.54) is 4.90 Å². The molecule has 4 amide bonds. The maximum atomic E-state index is 11.7. The molecular formula is C19H28N6O6S. The van der Waals surface area contributed by atoms with Crippen LogP contribution in [0.3, 0.4) is 0 Å². The Morgan fingerprint density at radius 3 is 2.38 bits per heavy atom. The molecule has 1 fully saturated rings. The van der Waals surface area contributed by atoms with Gasteiger partial charge >= 0.3 is 18.1 Å². The van der Waals surface area contributed by atoms with Gasteiger partial charge in [0.05, 0.1) is 6.42 Å². The highest BCUT2D eigenvalue weighted by molar-refractivity contribution is 7.80. The van der Waals surface area contributed by atoms with E-state index in [1.807, 2.05) is 0 Å². The van der Waals surface area contributed by atoms with Gasteiger partial charge in [0.25, 0.3) is 0 Å². The number of oxime groups is 1. The van der Waals surface area contributed by atoms with Crippen LogP contribution in [0.5, 0.6) is 0 Å². The number of esters is 1. The number of nitrogens with one attached hydrogen (secondary N) is 1. The van der Waals surface area contributed by atoms with Crippen molar-refractivity contribution >= 4 is 48.2 Å². The average Bonchev–Trinajstić information content (AvgIpc) is 3.18. The standard InChI is InChI=1S/C14H18N4O3.C5H10N2O3S/c1-17(2)14(20)21-16-13(15)10-5-7-11(8-6-10)18-9-3-4-12(18)19;6-5(9)7-2-1-4(8)10-3-11/h5-8H,3-4,9H2,1-2H3,(H2,15,16);11H,1-3H2,(H3,6,7,9). The molecule has 0 atom stereocenters. The molecule has 2 rings (SSSR count). The van der Waals surface area contributed by atoms with Gasteiger partial charge in [-0.1, -0.05) is 5.16 Å². The van der Waals surface area contributed by atoms with Crippen molar-refractivity contribution in [3.8, 4) is 0 Å². The Hall–Kier alpha value is -3.48. The molecule has 0 aliphatic carbocycles. The van der Waals surface area contributed by atoms with Crippen LogP contribution in [0, 0.1) is 0 Å². The first-order valence-corrected chi connectivity index (χ1v) is 10.2. The van der Waals surface area contributed by atoms with Crippen LogP contribution in [0.15, 0.2) is 29.4 Å². The molecule has 32 heavy (non-hydrogen) atoms. The summed E-state index contributed by atoms with van der Waals surface area (Å²) in [6.07, 6.45) is 0.984. The van der Waals surface area contributed by atoms with Crippen molar-refractivity contribution in [2.45, 2.75) is 19.3 Å². The Bertz CT molecular complexity index is 830. The highest BCUT2D eigenvalue weighted by Crippen LogP contribution is 2.21. The monoisotopic (exact) mass is 468 g/mol. The maximum Gasteiger partial charge on any atom is 0.435 e. The van der Waals surface area contributed by atoms with Gasteiger partial charge in [-0.05, 0) is 30.7 Å². The second-order valence-corrected chi connectivity index (χ2v) is 6.87. The summed E-state index contributed by atoms with van der Waals surface area (Å²) in [4.78, 5) is 51.2. The minimum Gasteiger partial charge on any atom is -0.455 e. The van der Waals surface area contributed by atoms with Crippen molar-refractivity contribution in [1.29, 1.82) is 0 Å². The fourth-order valence-electron chi connectivity index (χ4n) is 2.39. The fourth-order valence-corrected chi connectivity index (χ4v) is 2.53. The number of benzene rings is 1. The summed E-state index contributed by atoms with van der Waals surface area (Å²) in [5.74, 6) is -0.127. The van der Waals surface area contributed by atoms with Gasteiger partial charge in [0.15, 0.2) is 5.84 Å². The van der Waals surface area contributed by atoms with Crippen LogP contribution in [0.2, 0.25) is 0 Å². The molecule has 5 N–H and O–H groups in total. The summed E-state index contributed by atoms with van der Waals surface area (Å²) in [7, 11) is 3.10. The van der Waals surface area contributed by atoms with E-state index >= 15 is 0 Å². The van der Waals surface area contributed by atoms with E-state index in [0.29, 0.717) is 12.0 Å². The van der Waals surface area contributed by atoms with Gasteiger partial charge in [-0.15, -0.1) is 12.6 Å². The van der Waals surface area contributed by atoms with Gasteiger partial charge in [0, 0.05) is 44.9 Å². The predicted octanol–water partition coefficient (Wildman–Crippen LogP) is 0.607. The van der Waals surface area contributed by atoms with Crippen molar-refractivity contribution in [2.24, 2.45) is 16.6 Å². The van der Waals surface area contributed by atoms with Crippen molar-refractivity contribution in [3.05, 3.63) is 29.8 Å². The second-order valence-electron chi connectivity index (χ2n) is 6.61. The molecule has 1 aromatic rings. The first kappa shape index (κ1) is 26.6. The van der Waals surface area contributed by atoms with Gasteiger partial charge in [-0.2, -0.15) is 0 Å². The van der Waals surface area contributed by atoms with E-state index in [4.69, 9.17) is 11.5 Å². The van der Waals surface area contributed by atoms with E-state index in [2.05, 4.69) is 32.7 Å². The number of amides is 4. The van der Waals surface area contributed by atoms with Crippen molar-refractivity contribution in [2.75, 3.05) is 38.0 Å². The lowest BCUT2D eigenvalue weighted by Crippen LogP contribution is -2.31. The molecule has 0 bridgehead atoms. The van der Waals surface area contributed by atoms with Crippen molar-refractivity contribution in [3.63, 3.8) is 0 Å². The van der Waals surface area contributed by atoms with E-state index in [-0.39, 0.29) is 30.6 Å². The van der Waals surface area contributed by atoms with E-state index in [0.717, 1.165) is 18.7 Å². The number of hydrogen-bond acceptors (Lipinski definition) is 8. The largest absolute Gasteiger partial charge is 0.455 e. The quantitative estimate of drug-likeness (QED) is 0.0864. The Morgan fingerprint density at radius 2 is 1.88 bits per heavy atom. The molecule has 1 heterocycles. The SMILES string of the molecule is CN(C)C(=O)O/N=C(\N)c1ccc(N2CCCC2=O)cc1.NC(=O)NCCC(=O)OCS. The highest BCUT2D eigenvalue weighted by Gasteiger charge is 2.21. The smallest absolute Gasteiger partial charge is 0.435 e. The number of anilines is 1. The number of nitrogens with two attached hydrogens (primary N) is 2. The fraction of sp³-hybridized carbons (Fsp3) is 0.421. The Kier molecular flexibility index (Phi) is 11.4. The average molecular weight is 469 g/mol. The number of amidine groups is 1. The third-order valence-electron chi connectivity index (χ3n) is 3.99. The molecule has 13 heteroatoms. The summed E-state index contributed by atoms with van der Waals surface area (Å²) >= 11 is 3.67. The lowest BCUT2D eigenvalue weighted by Gasteiger charge is -2.15. The molecule has 1 saturated heterocycles. The lowest BCUT2D eigenvalue weighted by atomic mass is 10.2. The summed E-state index contributed by atoms with van der Waals surface area (Å²) < 4.78 is 4.46. The summed E-state index contributed by atoms with van der Waals surface area (Å²) in [5, 5.41) is 5.83. The van der Waals surface area contributed by atoms with Crippen LogP contribution in [0.1, 0.15) is 24.8 Å². The number of nitrogens with zero attached hydrogens (tertiary/aromatic N) is 3. The van der Waals surface area contributed by atoms with E-state index in [1.54, 1.807) is 43.3 Å². The van der Waals surface area contributed by atoms with Gasteiger partial charge in [-0.3, -0.25) is 14.4 Å². The number of hydrogen-bond donors (Lipinski definition) is 4. The maximum absolute atomic E-state index is 11.7. The van der Waals surface area contributed by atoms with Gasteiger partial charge in [-0.25, -0.2) is 9.59 Å². The van der Waals surface area contributed by atoms with E-state index < -0.39 is 18.1 Å². The molecule has 1 aliphatic rings. The highest BCUT2D eigenvalue weighted by atomic mass is 32.1. The third-order valence-corrected chi connectivity index (χ3v) is 4.12. The van der Waals surface area contributed by atoms with Crippen LogP contribution in [-0.4, -0.2) is 67.9 Å². The first-order valence-electron chi connectivity index (χ1n) is 9.58. The van der Waals surface area contributed by atoms with E-state index in [9.17, 15) is 19.2 Å². The number of rotatable bonds is 7. The summed E-state index contributed by atoms with van der Waals surface area (Å²) in [5.41, 5.74) is 11.9. The van der Waals surface area contributed by atoms with Crippen LogP contribution >= 0.6 is 12.6 Å².